The van der Waals surface area contributed by atoms with Crippen molar-refractivity contribution >= 4 is 40.1 Å². The van der Waals surface area contributed by atoms with Gasteiger partial charge in [-0.2, -0.15) is 0 Å². The van der Waals surface area contributed by atoms with E-state index in [1.807, 2.05) is 0 Å². The number of anilines is 1. The van der Waals surface area contributed by atoms with Gasteiger partial charge < -0.3 is 14.5 Å². The first-order chi connectivity index (χ1) is 11.8. The Morgan fingerprint density at radius 3 is 2.56 bits per heavy atom. The van der Waals surface area contributed by atoms with E-state index in [1.165, 1.54) is 19.1 Å². The summed E-state index contributed by atoms with van der Waals surface area (Å²) in [6.45, 7) is 6.78. The van der Waals surface area contributed by atoms with E-state index < -0.39 is 11.9 Å². The van der Waals surface area contributed by atoms with Crippen LogP contribution in [-0.2, 0) is 9.53 Å². The van der Waals surface area contributed by atoms with E-state index in [9.17, 15) is 14.4 Å². The number of aryl methyl sites for hydroxylation is 1. The van der Waals surface area contributed by atoms with Gasteiger partial charge in [-0.05, 0) is 51.5 Å². The first-order valence-corrected chi connectivity index (χ1v) is 8.52. The van der Waals surface area contributed by atoms with E-state index in [1.54, 1.807) is 32.9 Å². The summed E-state index contributed by atoms with van der Waals surface area (Å²) in [4.78, 5) is 36.5. The molecule has 2 heterocycles. The highest BCUT2D eigenvalue weighted by atomic mass is 32.1. The zero-order valence-corrected chi connectivity index (χ0v) is 15.3. The van der Waals surface area contributed by atoms with Gasteiger partial charge in [0.2, 0.25) is 5.91 Å². The number of rotatable bonds is 6. The lowest BCUT2D eigenvalue weighted by Crippen LogP contribution is -2.12. The molecule has 0 radical (unpaired) electrons. The number of ether oxygens (including phenoxy) is 1. The molecule has 2 aromatic rings. The highest BCUT2D eigenvalue weighted by Crippen LogP contribution is 2.34. The first kappa shape index (κ1) is 18.7. The number of carbonyl (C=O) groups excluding carboxylic acids is 3. The average Bonchev–Trinajstić information content (AvgIpc) is 3.09. The minimum Gasteiger partial charge on any atom is -0.462 e. The van der Waals surface area contributed by atoms with Gasteiger partial charge in [0.1, 0.15) is 16.5 Å². The Morgan fingerprint density at radius 1 is 1.28 bits per heavy atom. The van der Waals surface area contributed by atoms with Gasteiger partial charge in [-0.15, -0.1) is 11.3 Å². The quantitative estimate of drug-likeness (QED) is 0.478. The minimum absolute atomic E-state index is 0.171. The standard InChI is InChI=1S/C18H19NO5S/c1-5-23-18(22)15-11(3)16(12(4)20)25-17(15)19-14(21)9-8-13-7-6-10(2)24-13/h6-9H,5H2,1-4H3,(H,19,21)/b9-8+. The van der Waals surface area contributed by atoms with Gasteiger partial charge >= 0.3 is 5.97 Å². The van der Waals surface area contributed by atoms with Crippen molar-refractivity contribution in [2.45, 2.75) is 27.7 Å². The molecule has 132 valence electrons. The molecule has 0 aliphatic heterocycles. The molecule has 0 fully saturated rings. The van der Waals surface area contributed by atoms with Gasteiger partial charge in [0, 0.05) is 6.08 Å². The normalized spacial score (nSPS) is 10.9. The van der Waals surface area contributed by atoms with Crippen molar-refractivity contribution in [1.82, 2.24) is 0 Å². The van der Waals surface area contributed by atoms with Crippen LogP contribution in [0.15, 0.2) is 22.6 Å². The molecular formula is C18H19NO5S. The van der Waals surface area contributed by atoms with Crippen molar-refractivity contribution in [2.24, 2.45) is 0 Å². The number of hydrogen-bond acceptors (Lipinski definition) is 6. The third-order valence-corrected chi connectivity index (χ3v) is 4.65. The number of amides is 1. The summed E-state index contributed by atoms with van der Waals surface area (Å²) < 4.78 is 10.4. The summed E-state index contributed by atoms with van der Waals surface area (Å²) in [7, 11) is 0. The zero-order chi connectivity index (χ0) is 18.6. The Labute approximate surface area is 149 Å². The van der Waals surface area contributed by atoms with Crippen LogP contribution < -0.4 is 5.32 Å². The van der Waals surface area contributed by atoms with Crippen molar-refractivity contribution < 1.29 is 23.5 Å². The predicted molar refractivity (Wildman–Crippen MR) is 96.1 cm³/mol. The van der Waals surface area contributed by atoms with Crippen molar-refractivity contribution in [2.75, 3.05) is 11.9 Å². The maximum absolute atomic E-state index is 12.2. The number of carbonyl (C=O) groups is 3. The number of hydrogen-bond donors (Lipinski definition) is 1. The lowest BCUT2D eigenvalue weighted by atomic mass is 10.1. The fourth-order valence-corrected chi connectivity index (χ4v) is 3.33. The number of esters is 1. The predicted octanol–water partition coefficient (Wildman–Crippen LogP) is 3.99. The third-order valence-electron chi connectivity index (χ3n) is 3.34. The van der Waals surface area contributed by atoms with Crippen molar-refractivity contribution in [3.05, 3.63) is 45.7 Å². The van der Waals surface area contributed by atoms with Crippen LogP contribution in [-0.4, -0.2) is 24.3 Å². The molecule has 0 aliphatic rings. The summed E-state index contributed by atoms with van der Waals surface area (Å²) in [5.41, 5.74) is 0.726. The van der Waals surface area contributed by atoms with Gasteiger partial charge in [-0.1, -0.05) is 0 Å². The second kappa shape index (κ2) is 7.94. The molecular weight excluding hydrogens is 342 g/mol. The molecule has 7 heteroatoms. The molecule has 2 rings (SSSR count). The third kappa shape index (κ3) is 4.45. The lowest BCUT2D eigenvalue weighted by molar-refractivity contribution is -0.111. The van der Waals surface area contributed by atoms with E-state index in [4.69, 9.17) is 9.15 Å². The molecule has 0 aromatic carbocycles. The molecule has 2 aromatic heterocycles. The number of ketones is 1. The summed E-state index contributed by atoms with van der Waals surface area (Å²) in [6, 6.07) is 3.53. The molecule has 0 spiro atoms. The summed E-state index contributed by atoms with van der Waals surface area (Å²) in [6.07, 6.45) is 2.83. The van der Waals surface area contributed by atoms with E-state index in [-0.39, 0.29) is 18.0 Å². The molecule has 0 saturated carbocycles. The Bertz CT molecular complexity index is 844. The Kier molecular flexibility index (Phi) is 5.93. The molecule has 1 N–H and O–H groups in total. The fraction of sp³-hybridized carbons (Fsp3) is 0.278. The molecule has 0 unspecified atom stereocenters. The van der Waals surface area contributed by atoms with Crippen LogP contribution in [0.1, 0.15) is 51.0 Å². The maximum Gasteiger partial charge on any atom is 0.341 e. The SMILES string of the molecule is CCOC(=O)c1c(NC(=O)/C=C/c2ccc(C)o2)sc(C(C)=O)c1C. The van der Waals surface area contributed by atoms with E-state index >= 15 is 0 Å². The minimum atomic E-state index is -0.565. The van der Waals surface area contributed by atoms with E-state index in [0.717, 1.165) is 17.1 Å². The monoisotopic (exact) mass is 361 g/mol. The smallest absolute Gasteiger partial charge is 0.341 e. The molecule has 0 aliphatic carbocycles. The van der Waals surface area contributed by atoms with Crippen LogP contribution in [0.25, 0.3) is 6.08 Å². The summed E-state index contributed by atoms with van der Waals surface area (Å²) >= 11 is 1.06. The largest absolute Gasteiger partial charge is 0.462 e. The summed E-state index contributed by atoms with van der Waals surface area (Å²) in [5, 5.41) is 2.94. The number of Topliss-reactive ketones (excluding diaryl/α,β-unsaturated/α-hetero) is 1. The van der Waals surface area contributed by atoms with Crippen LogP contribution in [0.4, 0.5) is 5.00 Å². The lowest BCUT2D eigenvalue weighted by Gasteiger charge is -2.05. The van der Waals surface area contributed by atoms with Crippen molar-refractivity contribution in [3.8, 4) is 0 Å². The van der Waals surface area contributed by atoms with Crippen LogP contribution in [0.5, 0.6) is 0 Å². The Hall–Kier alpha value is -2.67. The topological polar surface area (TPSA) is 85.6 Å². The van der Waals surface area contributed by atoms with Gasteiger partial charge in [0.25, 0.3) is 0 Å². The summed E-state index contributed by atoms with van der Waals surface area (Å²) in [5.74, 6) is 0.116. The number of furan rings is 1. The second-order valence-electron chi connectivity index (χ2n) is 5.31. The van der Waals surface area contributed by atoms with Crippen LogP contribution >= 0.6 is 11.3 Å². The van der Waals surface area contributed by atoms with Crippen molar-refractivity contribution in [3.63, 3.8) is 0 Å². The second-order valence-corrected chi connectivity index (χ2v) is 6.33. The first-order valence-electron chi connectivity index (χ1n) is 7.70. The van der Waals surface area contributed by atoms with Crippen LogP contribution in [0, 0.1) is 13.8 Å². The number of nitrogens with one attached hydrogen (secondary N) is 1. The average molecular weight is 361 g/mol. The van der Waals surface area contributed by atoms with Gasteiger partial charge in [-0.25, -0.2) is 4.79 Å². The number of thiophene rings is 1. The Morgan fingerprint density at radius 2 is 2.00 bits per heavy atom. The van der Waals surface area contributed by atoms with Gasteiger partial charge in [0.05, 0.1) is 17.0 Å². The fourth-order valence-electron chi connectivity index (χ4n) is 2.24. The van der Waals surface area contributed by atoms with Crippen LogP contribution in [0.2, 0.25) is 0 Å². The zero-order valence-electron chi connectivity index (χ0n) is 14.5. The maximum atomic E-state index is 12.2. The molecule has 25 heavy (non-hydrogen) atoms. The van der Waals surface area contributed by atoms with Crippen LogP contribution in [0.3, 0.4) is 0 Å². The Balaban J connectivity index is 2.26. The van der Waals surface area contributed by atoms with Gasteiger partial charge in [-0.3, -0.25) is 9.59 Å². The molecule has 0 saturated heterocycles. The van der Waals surface area contributed by atoms with Gasteiger partial charge in [0.15, 0.2) is 5.78 Å². The highest BCUT2D eigenvalue weighted by Gasteiger charge is 2.24. The molecule has 0 bridgehead atoms. The highest BCUT2D eigenvalue weighted by molar-refractivity contribution is 7.18. The molecule has 0 atom stereocenters. The van der Waals surface area contributed by atoms with Crippen molar-refractivity contribution in [1.29, 1.82) is 0 Å². The van der Waals surface area contributed by atoms with E-state index in [0.29, 0.717) is 21.2 Å². The molecule has 6 nitrogen and oxygen atoms in total. The van der Waals surface area contributed by atoms with E-state index in [2.05, 4.69) is 5.32 Å². The molecule has 1 amide bonds.